The number of pyridine rings is 1. The van der Waals surface area contributed by atoms with Crippen LogP contribution < -0.4 is 5.32 Å². The molecular formula is C12H19ClN2OS. The van der Waals surface area contributed by atoms with E-state index in [0.29, 0.717) is 11.8 Å². The fourth-order valence-electron chi connectivity index (χ4n) is 2.02. The van der Waals surface area contributed by atoms with Crippen LogP contribution in [-0.4, -0.2) is 27.5 Å². The van der Waals surface area contributed by atoms with Crippen LogP contribution in [0.3, 0.4) is 0 Å². The smallest absolute Gasteiger partial charge is 0.0501 e. The Morgan fingerprint density at radius 1 is 1.47 bits per heavy atom. The SMILES string of the molecule is Cl.O=S(Cc1cccnc1)CC1CCCCN1. The number of rotatable bonds is 4. The second-order valence-corrected chi connectivity index (χ2v) is 5.76. The first-order chi connectivity index (χ1) is 7.84. The molecular weight excluding hydrogens is 256 g/mol. The topological polar surface area (TPSA) is 42.0 Å². The maximum atomic E-state index is 11.9. The molecule has 0 radical (unpaired) electrons. The van der Waals surface area contributed by atoms with Gasteiger partial charge in [-0.3, -0.25) is 9.19 Å². The molecule has 0 aliphatic carbocycles. The molecule has 17 heavy (non-hydrogen) atoms. The second kappa shape index (κ2) is 7.80. The van der Waals surface area contributed by atoms with E-state index in [9.17, 15) is 4.21 Å². The average molecular weight is 275 g/mol. The van der Waals surface area contributed by atoms with E-state index in [4.69, 9.17) is 0 Å². The molecule has 0 spiro atoms. The number of aromatic nitrogens is 1. The lowest BCUT2D eigenvalue weighted by Crippen LogP contribution is -2.38. The van der Waals surface area contributed by atoms with Crippen molar-refractivity contribution < 1.29 is 4.21 Å². The van der Waals surface area contributed by atoms with E-state index >= 15 is 0 Å². The van der Waals surface area contributed by atoms with E-state index in [1.165, 1.54) is 19.3 Å². The fourth-order valence-corrected chi connectivity index (χ4v) is 3.41. The van der Waals surface area contributed by atoms with E-state index in [1.54, 1.807) is 12.4 Å². The van der Waals surface area contributed by atoms with Gasteiger partial charge in [-0.05, 0) is 31.0 Å². The van der Waals surface area contributed by atoms with E-state index in [0.717, 1.165) is 17.9 Å². The summed E-state index contributed by atoms with van der Waals surface area (Å²) in [7, 11) is -0.771. The highest BCUT2D eigenvalue weighted by Gasteiger charge is 2.15. The van der Waals surface area contributed by atoms with Crippen molar-refractivity contribution in [2.24, 2.45) is 0 Å². The summed E-state index contributed by atoms with van der Waals surface area (Å²) >= 11 is 0. The molecule has 5 heteroatoms. The lowest BCUT2D eigenvalue weighted by atomic mass is 10.1. The molecule has 2 heterocycles. The maximum absolute atomic E-state index is 11.9. The monoisotopic (exact) mass is 274 g/mol. The molecule has 0 bridgehead atoms. The van der Waals surface area contributed by atoms with E-state index in [1.807, 2.05) is 12.1 Å². The lowest BCUT2D eigenvalue weighted by molar-refractivity contribution is 0.427. The van der Waals surface area contributed by atoms with Gasteiger partial charge in [-0.2, -0.15) is 0 Å². The van der Waals surface area contributed by atoms with Crippen LogP contribution in [0.15, 0.2) is 24.5 Å². The summed E-state index contributed by atoms with van der Waals surface area (Å²) in [5.41, 5.74) is 1.07. The molecule has 0 saturated carbocycles. The number of nitrogens with one attached hydrogen (secondary N) is 1. The predicted molar refractivity (Wildman–Crippen MR) is 73.8 cm³/mol. The molecule has 3 nitrogen and oxygen atoms in total. The Balaban J connectivity index is 0.00000144. The highest BCUT2D eigenvalue weighted by atomic mass is 35.5. The number of piperidine rings is 1. The first-order valence-corrected chi connectivity index (χ1v) is 7.30. The highest BCUT2D eigenvalue weighted by Crippen LogP contribution is 2.10. The third-order valence-electron chi connectivity index (χ3n) is 2.85. The van der Waals surface area contributed by atoms with Crippen LogP contribution >= 0.6 is 12.4 Å². The highest BCUT2D eigenvalue weighted by molar-refractivity contribution is 7.84. The van der Waals surface area contributed by atoms with Gasteiger partial charge in [-0.15, -0.1) is 12.4 Å². The molecule has 0 aromatic carbocycles. The Morgan fingerprint density at radius 2 is 2.35 bits per heavy atom. The quantitative estimate of drug-likeness (QED) is 0.912. The van der Waals surface area contributed by atoms with Gasteiger partial charge in [0.15, 0.2) is 0 Å². The minimum absolute atomic E-state index is 0. The van der Waals surface area contributed by atoms with Crippen LogP contribution in [0.1, 0.15) is 24.8 Å². The van der Waals surface area contributed by atoms with Crippen molar-refractivity contribution in [1.29, 1.82) is 0 Å². The van der Waals surface area contributed by atoms with Gasteiger partial charge < -0.3 is 5.32 Å². The van der Waals surface area contributed by atoms with Crippen LogP contribution in [0, 0.1) is 0 Å². The summed E-state index contributed by atoms with van der Waals surface area (Å²) < 4.78 is 11.9. The zero-order chi connectivity index (χ0) is 11.2. The summed E-state index contributed by atoms with van der Waals surface area (Å²) in [6.07, 6.45) is 7.23. The fraction of sp³-hybridized carbons (Fsp3) is 0.583. The molecule has 1 fully saturated rings. The first-order valence-electron chi connectivity index (χ1n) is 5.82. The molecule has 2 atom stereocenters. The van der Waals surface area contributed by atoms with Crippen molar-refractivity contribution in [3.63, 3.8) is 0 Å². The summed E-state index contributed by atoms with van der Waals surface area (Å²) in [5.74, 6) is 1.40. The van der Waals surface area contributed by atoms with Crippen LogP contribution in [0.4, 0.5) is 0 Å². The van der Waals surface area contributed by atoms with E-state index in [2.05, 4.69) is 10.3 Å². The zero-order valence-electron chi connectivity index (χ0n) is 9.80. The van der Waals surface area contributed by atoms with Crippen molar-refractivity contribution in [2.45, 2.75) is 31.1 Å². The Bertz CT molecular complexity index is 342. The van der Waals surface area contributed by atoms with Gasteiger partial charge in [0.25, 0.3) is 0 Å². The number of hydrogen-bond donors (Lipinski definition) is 1. The van der Waals surface area contributed by atoms with Crippen LogP contribution in [0.25, 0.3) is 0 Å². The largest absolute Gasteiger partial charge is 0.313 e. The molecule has 1 saturated heterocycles. The molecule has 96 valence electrons. The number of nitrogens with zero attached hydrogens (tertiary/aromatic N) is 1. The van der Waals surface area contributed by atoms with Gasteiger partial charge in [-0.1, -0.05) is 12.5 Å². The number of hydrogen-bond acceptors (Lipinski definition) is 3. The minimum Gasteiger partial charge on any atom is -0.313 e. The molecule has 1 aromatic heterocycles. The van der Waals surface area contributed by atoms with Crippen LogP contribution in [0.5, 0.6) is 0 Å². The molecule has 1 aliphatic heterocycles. The minimum atomic E-state index is -0.771. The van der Waals surface area contributed by atoms with Crippen LogP contribution in [-0.2, 0) is 16.6 Å². The van der Waals surface area contributed by atoms with Gasteiger partial charge in [0.1, 0.15) is 0 Å². The summed E-state index contributed by atoms with van der Waals surface area (Å²) in [6.45, 7) is 1.08. The standard InChI is InChI=1S/C12H18N2OS.ClH/c15-16(9-11-4-3-6-13-8-11)10-12-5-1-2-7-14-12;/h3-4,6,8,12,14H,1-2,5,7,9-10H2;1H. The van der Waals surface area contributed by atoms with Gasteiger partial charge in [0, 0.05) is 35.0 Å². The Hall–Kier alpha value is -0.450. The van der Waals surface area contributed by atoms with Crippen molar-refractivity contribution >= 4 is 23.2 Å². The Labute approximate surface area is 111 Å². The van der Waals surface area contributed by atoms with Crippen molar-refractivity contribution in [2.75, 3.05) is 12.3 Å². The Kier molecular flexibility index (Phi) is 6.70. The van der Waals surface area contributed by atoms with Crippen LogP contribution in [0.2, 0.25) is 0 Å². The molecule has 2 rings (SSSR count). The average Bonchev–Trinajstić information content (AvgIpc) is 2.31. The van der Waals surface area contributed by atoms with Crippen molar-refractivity contribution in [3.8, 4) is 0 Å². The van der Waals surface area contributed by atoms with Crippen molar-refractivity contribution in [1.82, 2.24) is 10.3 Å². The predicted octanol–water partition coefficient (Wildman–Crippen LogP) is 1.89. The summed E-state index contributed by atoms with van der Waals surface area (Å²) in [5, 5.41) is 3.43. The Morgan fingerprint density at radius 3 is 3.00 bits per heavy atom. The normalized spacial score (nSPS) is 21.5. The van der Waals surface area contributed by atoms with Gasteiger partial charge in [0.05, 0.1) is 5.75 Å². The third-order valence-corrected chi connectivity index (χ3v) is 4.28. The summed E-state index contributed by atoms with van der Waals surface area (Å²) in [4.78, 5) is 4.03. The molecule has 1 aliphatic rings. The van der Waals surface area contributed by atoms with E-state index < -0.39 is 10.8 Å². The van der Waals surface area contributed by atoms with Gasteiger partial charge in [-0.25, -0.2) is 0 Å². The molecule has 1 aromatic rings. The summed E-state index contributed by atoms with van der Waals surface area (Å²) in [6, 6.07) is 4.33. The first kappa shape index (κ1) is 14.6. The number of halogens is 1. The third kappa shape index (κ3) is 5.15. The van der Waals surface area contributed by atoms with Gasteiger partial charge >= 0.3 is 0 Å². The maximum Gasteiger partial charge on any atom is 0.0501 e. The lowest BCUT2D eigenvalue weighted by Gasteiger charge is -2.22. The molecule has 2 unspecified atom stereocenters. The second-order valence-electron chi connectivity index (χ2n) is 4.26. The molecule has 1 N–H and O–H groups in total. The van der Waals surface area contributed by atoms with E-state index in [-0.39, 0.29) is 12.4 Å². The zero-order valence-corrected chi connectivity index (χ0v) is 11.4. The van der Waals surface area contributed by atoms with Crippen molar-refractivity contribution in [3.05, 3.63) is 30.1 Å². The van der Waals surface area contributed by atoms with Gasteiger partial charge in [0.2, 0.25) is 0 Å². The molecule has 0 amide bonds.